The Morgan fingerprint density at radius 1 is 0.333 bits per heavy atom. The van der Waals surface area contributed by atoms with E-state index < -0.39 is 0 Å². The van der Waals surface area contributed by atoms with Gasteiger partial charge in [0.1, 0.15) is 0 Å². The summed E-state index contributed by atoms with van der Waals surface area (Å²) < 4.78 is 0. The van der Waals surface area contributed by atoms with Crippen molar-refractivity contribution in [3.63, 3.8) is 0 Å². The SMILES string of the molecule is CC.CC.CC.Cc1c(C(C)(C)C)ccc2c1-c1ccccc1C2.Cc1c(C(C)(C)C)ccc2c1Cc1ccccc1-2.Cc1cc2c(cc1C(C)(C)C)Cc1ccccc1-2. The lowest BCUT2D eigenvalue weighted by atomic mass is 9.81. The molecule has 3 aliphatic rings. The summed E-state index contributed by atoms with van der Waals surface area (Å²) in [5.41, 5.74) is 27.1. The summed E-state index contributed by atoms with van der Waals surface area (Å²) in [6.07, 6.45) is 3.28. The molecule has 6 aromatic carbocycles. The highest BCUT2D eigenvalue weighted by molar-refractivity contribution is 5.81. The molecule has 0 aliphatic heterocycles. The van der Waals surface area contributed by atoms with Gasteiger partial charge in [0.25, 0.3) is 0 Å². The minimum Gasteiger partial charge on any atom is -0.0683 e. The van der Waals surface area contributed by atoms with Crippen LogP contribution in [0.1, 0.15) is 171 Å². The van der Waals surface area contributed by atoms with Gasteiger partial charge in [0.15, 0.2) is 0 Å². The second-order valence-electron chi connectivity index (χ2n) is 19.1. The van der Waals surface area contributed by atoms with Crippen molar-refractivity contribution in [3.05, 3.63) is 176 Å². The van der Waals surface area contributed by atoms with Crippen LogP contribution in [0.25, 0.3) is 33.4 Å². The molecule has 0 unspecified atom stereocenters. The zero-order chi connectivity index (χ0) is 44.7. The van der Waals surface area contributed by atoms with E-state index in [4.69, 9.17) is 0 Å². The number of hydrogen-bond donors (Lipinski definition) is 0. The Morgan fingerprint density at radius 2 is 0.750 bits per heavy atom. The standard InChI is InChI=1S/3C18H20.3C2H6/c1-12-9-16-14(11-17(12)18(2,3)4)10-13-7-5-6-8-15(13)16;1-12-16(18(2,3)4)10-9-14-11-13-7-5-6-8-15(13)17(12)14;1-12-16-11-13-7-5-6-8-14(13)15(16)9-10-17(12)18(2,3)4;3*1-2/h5-9,11H,10H2,1-4H3;2*5-10H,11H2,1-4H3;3*1-2H3. The molecule has 9 rings (SSSR count). The van der Waals surface area contributed by atoms with Crippen LogP contribution in [0.4, 0.5) is 0 Å². The summed E-state index contributed by atoms with van der Waals surface area (Å²) >= 11 is 0. The van der Waals surface area contributed by atoms with Gasteiger partial charge in [0.05, 0.1) is 0 Å². The molecule has 0 spiro atoms. The van der Waals surface area contributed by atoms with E-state index in [-0.39, 0.29) is 16.2 Å². The average molecular weight is 799 g/mol. The maximum Gasteiger partial charge on any atom is -0.00107 e. The van der Waals surface area contributed by atoms with Crippen molar-refractivity contribution in [2.45, 2.75) is 160 Å². The van der Waals surface area contributed by atoms with Gasteiger partial charge >= 0.3 is 0 Å². The largest absolute Gasteiger partial charge is 0.0683 e. The van der Waals surface area contributed by atoms with E-state index in [2.05, 4.69) is 192 Å². The van der Waals surface area contributed by atoms with Gasteiger partial charge in [-0.1, -0.05) is 213 Å². The van der Waals surface area contributed by atoms with Crippen LogP contribution in [0.15, 0.2) is 109 Å². The molecule has 0 N–H and O–H groups in total. The minimum atomic E-state index is 0.219. The highest BCUT2D eigenvalue weighted by Crippen LogP contribution is 2.44. The second kappa shape index (κ2) is 19.8. The van der Waals surface area contributed by atoms with Crippen LogP contribution in [0.3, 0.4) is 0 Å². The molecule has 0 aromatic heterocycles. The van der Waals surface area contributed by atoms with Gasteiger partial charge in [0, 0.05) is 0 Å². The predicted octanol–water partition coefficient (Wildman–Crippen LogP) is 17.7. The van der Waals surface area contributed by atoms with Gasteiger partial charge in [-0.25, -0.2) is 0 Å². The molecular formula is C60H78. The molecule has 0 amide bonds. The molecule has 3 aliphatic carbocycles. The summed E-state index contributed by atoms with van der Waals surface area (Å²) in [7, 11) is 0. The lowest BCUT2D eigenvalue weighted by molar-refractivity contribution is 0.585. The maximum atomic E-state index is 2.42. The highest BCUT2D eigenvalue weighted by atomic mass is 14.3. The van der Waals surface area contributed by atoms with Crippen LogP contribution in [0, 0.1) is 20.8 Å². The average Bonchev–Trinajstić information content (AvgIpc) is 3.91. The monoisotopic (exact) mass is 799 g/mol. The second-order valence-corrected chi connectivity index (χ2v) is 19.1. The Labute approximate surface area is 367 Å². The van der Waals surface area contributed by atoms with Gasteiger partial charge in [-0.3, -0.25) is 0 Å². The van der Waals surface area contributed by atoms with E-state index in [0.29, 0.717) is 0 Å². The van der Waals surface area contributed by atoms with Crippen LogP contribution in [0.5, 0.6) is 0 Å². The Balaban J connectivity index is 0.000000187. The van der Waals surface area contributed by atoms with Crippen LogP contribution < -0.4 is 0 Å². The van der Waals surface area contributed by atoms with Crippen molar-refractivity contribution in [1.82, 2.24) is 0 Å². The van der Waals surface area contributed by atoms with Gasteiger partial charge in [0.2, 0.25) is 0 Å². The topological polar surface area (TPSA) is 0 Å². The summed E-state index contributed by atoms with van der Waals surface area (Å²) in [4.78, 5) is 0. The summed E-state index contributed by atoms with van der Waals surface area (Å²) in [5, 5.41) is 0. The predicted molar refractivity (Wildman–Crippen MR) is 268 cm³/mol. The zero-order valence-electron chi connectivity index (χ0n) is 41.0. The smallest absolute Gasteiger partial charge is 0.00107 e. The maximum absolute atomic E-state index is 2.42. The van der Waals surface area contributed by atoms with Crippen molar-refractivity contribution in [3.8, 4) is 33.4 Å². The van der Waals surface area contributed by atoms with Crippen molar-refractivity contribution in [1.29, 1.82) is 0 Å². The first-order valence-corrected chi connectivity index (χ1v) is 23.1. The molecule has 0 radical (unpaired) electrons. The molecular weight excluding hydrogens is 721 g/mol. The van der Waals surface area contributed by atoms with Crippen LogP contribution in [-0.2, 0) is 35.5 Å². The summed E-state index contributed by atoms with van der Waals surface area (Å²) in [6, 6.07) is 40.4. The van der Waals surface area contributed by atoms with Crippen molar-refractivity contribution in [2.24, 2.45) is 0 Å². The lowest BCUT2D eigenvalue weighted by Crippen LogP contribution is -2.14. The first-order chi connectivity index (χ1) is 28.4. The molecule has 0 atom stereocenters. The molecule has 0 nitrogen and oxygen atoms in total. The third-order valence-corrected chi connectivity index (χ3v) is 12.1. The van der Waals surface area contributed by atoms with Gasteiger partial charge in [-0.15, -0.1) is 0 Å². The number of rotatable bonds is 0. The third kappa shape index (κ3) is 10.1. The fourth-order valence-corrected chi connectivity index (χ4v) is 9.50. The molecule has 0 bridgehead atoms. The Morgan fingerprint density at radius 3 is 1.28 bits per heavy atom. The van der Waals surface area contributed by atoms with Crippen molar-refractivity contribution >= 4 is 0 Å². The molecule has 0 saturated carbocycles. The summed E-state index contributed by atoms with van der Waals surface area (Å²) in [6.45, 7) is 39.5. The van der Waals surface area contributed by atoms with E-state index in [0.717, 1.165) is 19.3 Å². The molecule has 60 heavy (non-hydrogen) atoms. The van der Waals surface area contributed by atoms with E-state index in [1.807, 2.05) is 41.5 Å². The zero-order valence-corrected chi connectivity index (χ0v) is 41.0. The van der Waals surface area contributed by atoms with Crippen molar-refractivity contribution in [2.75, 3.05) is 0 Å². The normalized spacial score (nSPS) is 12.3. The fourth-order valence-electron chi connectivity index (χ4n) is 9.50. The number of fused-ring (bicyclic) bond motifs is 9. The number of hydrogen-bond acceptors (Lipinski definition) is 0. The van der Waals surface area contributed by atoms with Gasteiger partial charge in [-0.2, -0.15) is 0 Å². The Bertz CT molecular complexity index is 2350. The molecule has 0 heteroatoms. The molecule has 0 saturated heterocycles. The quantitative estimate of drug-likeness (QED) is 0.143. The van der Waals surface area contributed by atoms with Crippen molar-refractivity contribution < 1.29 is 0 Å². The Kier molecular flexibility index (Phi) is 15.8. The van der Waals surface area contributed by atoms with Crippen LogP contribution >= 0.6 is 0 Å². The lowest BCUT2D eigenvalue weighted by Gasteiger charge is -2.23. The van der Waals surface area contributed by atoms with E-state index in [1.54, 1.807) is 0 Å². The summed E-state index contributed by atoms with van der Waals surface area (Å²) in [5.74, 6) is 0. The van der Waals surface area contributed by atoms with E-state index in [1.165, 1.54) is 100 Å². The van der Waals surface area contributed by atoms with E-state index >= 15 is 0 Å². The van der Waals surface area contributed by atoms with Gasteiger partial charge < -0.3 is 0 Å². The molecule has 0 fully saturated rings. The highest BCUT2D eigenvalue weighted by Gasteiger charge is 2.27. The van der Waals surface area contributed by atoms with Crippen LogP contribution in [-0.4, -0.2) is 0 Å². The minimum absolute atomic E-state index is 0.219. The number of benzene rings is 6. The first-order valence-electron chi connectivity index (χ1n) is 23.1. The van der Waals surface area contributed by atoms with Crippen LogP contribution in [0.2, 0.25) is 0 Å². The molecule has 0 heterocycles. The third-order valence-electron chi connectivity index (χ3n) is 12.1. The Hall–Kier alpha value is -4.68. The van der Waals surface area contributed by atoms with E-state index in [9.17, 15) is 0 Å². The fraction of sp³-hybridized carbons (Fsp3) is 0.400. The van der Waals surface area contributed by atoms with Gasteiger partial charge in [-0.05, 0) is 156 Å². The first kappa shape index (κ1) is 48.0. The number of aryl methyl sites for hydroxylation is 1. The molecule has 6 aromatic rings. The molecule has 318 valence electrons.